The van der Waals surface area contributed by atoms with E-state index >= 15 is 0 Å². The molecule has 1 aliphatic carbocycles. The van der Waals surface area contributed by atoms with Gasteiger partial charge in [0.25, 0.3) is 5.91 Å². The quantitative estimate of drug-likeness (QED) is 0.675. The number of fused-ring (bicyclic) bond motifs is 1. The molecule has 1 heterocycles. The Morgan fingerprint density at radius 1 is 1.07 bits per heavy atom. The molecule has 6 heteroatoms. The Labute approximate surface area is 168 Å². The molecule has 0 atom stereocenters. The minimum Gasteiger partial charge on any atom is -0.497 e. The number of nitrogens with one attached hydrogen (secondary N) is 2. The van der Waals surface area contributed by atoms with E-state index in [2.05, 4.69) is 27.8 Å². The third kappa shape index (κ3) is 4.10. The molecule has 2 aromatic carbocycles. The summed E-state index contributed by atoms with van der Waals surface area (Å²) in [7, 11) is 1.61. The fourth-order valence-corrected chi connectivity index (χ4v) is 3.65. The number of methoxy groups -OCH3 is 1. The molecule has 0 unspecified atom stereocenters. The number of hydrogen-bond donors (Lipinski definition) is 2. The second-order valence-corrected chi connectivity index (χ2v) is 7.20. The zero-order valence-corrected chi connectivity index (χ0v) is 16.2. The van der Waals surface area contributed by atoms with E-state index in [1.165, 1.54) is 11.1 Å². The standard InChI is InChI=1S/C22H20ClN3O2/c1-28-19-8-4-7-17(13-19)24-21-12-16(23)11-20(26-21)22(27)25-18-9-14-5-2-3-6-15(14)10-18/h2-8,11-13,18H,9-10H2,1H3,(H,24,26)(H,25,27). The average molecular weight is 394 g/mol. The van der Waals surface area contributed by atoms with Gasteiger partial charge in [-0.1, -0.05) is 41.9 Å². The van der Waals surface area contributed by atoms with Crippen LogP contribution in [0.1, 0.15) is 21.6 Å². The Hall–Kier alpha value is -3.05. The summed E-state index contributed by atoms with van der Waals surface area (Å²) in [6.07, 6.45) is 1.66. The van der Waals surface area contributed by atoms with Gasteiger partial charge in [0.2, 0.25) is 0 Å². The number of hydrogen-bond acceptors (Lipinski definition) is 4. The van der Waals surface area contributed by atoms with Crippen molar-refractivity contribution < 1.29 is 9.53 Å². The molecule has 0 aliphatic heterocycles. The SMILES string of the molecule is COc1cccc(Nc2cc(Cl)cc(C(=O)NC3Cc4ccccc4C3)n2)c1. The van der Waals surface area contributed by atoms with Gasteiger partial charge in [-0.2, -0.15) is 0 Å². The summed E-state index contributed by atoms with van der Waals surface area (Å²) < 4.78 is 5.23. The van der Waals surface area contributed by atoms with Crippen LogP contribution in [-0.2, 0) is 12.8 Å². The molecular weight excluding hydrogens is 374 g/mol. The monoisotopic (exact) mass is 393 g/mol. The molecule has 5 nitrogen and oxygen atoms in total. The van der Waals surface area contributed by atoms with Crippen LogP contribution in [0.15, 0.2) is 60.7 Å². The first-order valence-electron chi connectivity index (χ1n) is 9.07. The van der Waals surface area contributed by atoms with Crippen LogP contribution in [0.2, 0.25) is 5.02 Å². The lowest BCUT2D eigenvalue weighted by Crippen LogP contribution is -2.35. The smallest absolute Gasteiger partial charge is 0.270 e. The van der Waals surface area contributed by atoms with Crippen molar-refractivity contribution >= 4 is 29.0 Å². The minimum atomic E-state index is -0.228. The van der Waals surface area contributed by atoms with Crippen molar-refractivity contribution in [1.82, 2.24) is 10.3 Å². The third-order valence-corrected chi connectivity index (χ3v) is 4.97. The predicted molar refractivity (Wildman–Crippen MR) is 111 cm³/mol. The number of nitrogens with zero attached hydrogens (tertiary/aromatic N) is 1. The lowest BCUT2D eigenvalue weighted by Gasteiger charge is -2.13. The first kappa shape index (κ1) is 18.3. The van der Waals surface area contributed by atoms with E-state index in [0.717, 1.165) is 24.3 Å². The van der Waals surface area contributed by atoms with E-state index in [4.69, 9.17) is 16.3 Å². The van der Waals surface area contributed by atoms with Crippen LogP contribution in [0.3, 0.4) is 0 Å². The van der Waals surface area contributed by atoms with Gasteiger partial charge in [-0.05, 0) is 48.2 Å². The summed E-state index contributed by atoms with van der Waals surface area (Å²) in [5.74, 6) is 1.00. The second kappa shape index (κ2) is 7.90. The zero-order chi connectivity index (χ0) is 19.5. The van der Waals surface area contributed by atoms with Crippen molar-refractivity contribution in [2.24, 2.45) is 0 Å². The Balaban J connectivity index is 1.48. The highest BCUT2D eigenvalue weighted by molar-refractivity contribution is 6.31. The van der Waals surface area contributed by atoms with E-state index in [1.807, 2.05) is 36.4 Å². The maximum atomic E-state index is 12.7. The normalized spacial score (nSPS) is 13.1. The third-order valence-electron chi connectivity index (χ3n) is 4.75. The Kier molecular flexibility index (Phi) is 5.17. The Morgan fingerprint density at radius 2 is 1.82 bits per heavy atom. The van der Waals surface area contributed by atoms with Gasteiger partial charge in [0.1, 0.15) is 17.3 Å². The van der Waals surface area contributed by atoms with E-state index in [1.54, 1.807) is 19.2 Å². The van der Waals surface area contributed by atoms with Crippen molar-refractivity contribution in [3.05, 3.63) is 82.5 Å². The van der Waals surface area contributed by atoms with Gasteiger partial charge in [-0.15, -0.1) is 0 Å². The van der Waals surface area contributed by atoms with Crippen molar-refractivity contribution in [2.75, 3.05) is 12.4 Å². The summed E-state index contributed by atoms with van der Waals surface area (Å²) in [5, 5.41) is 6.68. The van der Waals surface area contributed by atoms with E-state index in [-0.39, 0.29) is 17.6 Å². The van der Waals surface area contributed by atoms with Gasteiger partial charge in [-0.3, -0.25) is 4.79 Å². The molecule has 1 amide bonds. The van der Waals surface area contributed by atoms with Crippen LogP contribution in [0, 0.1) is 0 Å². The largest absolute Gasteiger partial charge is 0.497 e. The first-order chi connectivity index (χ1) is 13.6. The van der Waals surface area contributed by atoms with Crippen molar-refractivity contribution in [3.8, 4) is 5.75 Å². The van der Waals surface area contributed by atoms with Crippen molar-refractivity contribution in [1.29, 1.82) is 0 Å². The lowest BCUT2D eigenvalue weighted by molar-refractivity contribution is 0.0933. The molecule has 3 aromatic rings. The van der Waals surface area contributed by atoms with Crippen molar-refractivity contribution in [2.45, 2.75) is 18.9 Å². The molecule has 1 aliphatic rings. The van der Waals surface area contributed by atoms with Gasteiger partial charge in [-0.25, -0.2) is 4.98 Å². The van der Waals surface area contributed by atoms with Gasteiger partial charge < -0.3 is 15.4 Å². The maximum Gasteiger partial charge on any atom is 0.270 e. The van der Waals surface area contributed by atoms with Crippen LogP contribution in [0.25, 0.3) is 0 Å². The predicted octanol–water partition coefficient (Wildman–Crippen LogP) is 4.38. The molecule has 0 saturated heterocycles. The highest BCUT2D eigenvalue weighted by Crippen LogP contribution is 2.24. The summed E-state index contributed by atoms with van der Waals surface area (Å²) in [6, 6.07) is 19.1. The number of benzene rings is 2. The number of amides is 1. The van der Waals surface area contributed by atoms with Crippen LogP contribution >= 0.6 is 11.6 Å². The maximum absolute atomic E-state index is 12.7. The highest BCUT2D eigenvalue weighted by atomic mass is 35.5. The number of aromatic nitrogens is 1. The number of halogens is 1. The number of anilines is 2. The van der Waals surface area contributed by atoms with E-state index < -0.39 is 0 Å². The molecule has 0 radical (unpaired) electrons. The summed E-state index contributed by atoms with van der Waals surface area (Å²) in [6.45, 7) is 0. The minimum absolute atomic E-state index is 0.0699. The fourth-order valence-electron chi connectivity index (χ4n) is 3.45. The van der Waals surface area contributed by atoms with Crippen LogP contribution < -0.4 is 15.4 Å². The molecule has 0 spiro atoms. The number of carbonyl (C=O) groups is 1. The molecule has 142 valence electrons. The second-order valence-electron chi connectivity index (χ2n) is 6.76. The van der Waals surface area contributed by atoms with Crippen LogP contribution in [0.4, 0.5) is 11.5 Å². The zero-order valence-electron chi connectivity index (χ0n) is 15.4. The van der Waals surface area contributed by atoms with E-state index in [0.29, 0.717) is 10.8 Å². The Morgan fingerprint density at radius 3 is 2.54 bits per heavy atom. The average Bonchev–Trinajstić information content (AvgIpc) is 3.10. The van der Waals surface area contributed by atoms with Crippen molar-refractivity contribution in [3.63, 3.8) is 0 Å². The molecule has 0 bridgehead atoms. The first-order valence-corrected chi connectivity index (χ1v) is 9.45. The van der Waals surface area contributed by atoms with Crippen LogP contribution in [-0.4, -0.2) is 24.0 Å². The van der Waals surface area contributed by atoms with Crippen LogP contribution in [0.5, 0.6) is 5.75 Å². The Bertz CT molecular complexity index is 997. The fraction of sp³-hybridized carbons (Fsp3) is 0.182. The molecule has 1 aromatic heterocycles. The number of ether oxygens (including phenoxy) is 1. The summed E-state index contributed by atoms with van der Waals surface area (Å²) in [4.78, 5) is 17.2. The summed E-state index contributed by atoms with van der Waals surface area (Å²) >= 11 is 6.22. The highest BCUT2D eigenvalue weighted by Gasteiger charge is 2.23. The molecular formula is C22H20ClN3O2. The molecule has 2 N–H and O–H groups in total. The van der Waals surface area contributed by atoms with Gasteiger partial charge in [0.15, 0.2) is 0 Å². The van der Waals surface area contributed by atoms with Gasteiger partial charge in [0, 0.05) is 22.8 Å². The lowest BCUT2D eigenvalue weighted by atomic mass is 10.1. The topological polar surface area (TPSA) is 63.2 Å². The molecule has 28 heavy (non-hydrogen) atoms. The van der Waals surface area contributed by atoms with Gasteiger partial charge >= 0.3 is 0 Å². The molecule has 0 saturated carbocycles. The summed E-state index contributed by atoms with van der Waals surface area (Å²) in [5.41, 5.74) is 3.65. The number of carbonyl (C=O) groups excluding carboxylic acids is 1. The number of rotatable bonds is 5. The van der Waals surface area contributed by atoms with Gasteiger partial charge in [0.05, 0.1) is 7.11 Å². The van der Waals surface area contributed by atoms with E-state index in [9.17, 15) is 4.79 Å². The molecule has 4 rings (SSSR count). The number of pyridine rings is 1. The molecule has 0 fully saturated rings.